The third kappa shape index (κ3) is 2.70. The second kappa shape index (κ2) is 5.77. The van der Waals surface area contributed by atoms with Gasteiger partial charge in [0.15, 0.2) is 0 Å². The van der Waals surface area contributed by atoms with Crippen molar-refractivity contribution in [3.05, 3.63) is 64.1 Å². The van der Waals surface area contributed by atoms with Crippen molar-refractivity contribution in [1.29, 1.82) is 0 Å². The van der Waals surface area contributed by atoms with Gasteiger partial charge in [0.25, 0.3) is 0 Å². The van der Waals surface area contributed by atoms with E-state index in [-0.39, 0.29) is 22.7 Å². The number of thioether (sulfide) groups is 1. The predicted octanol–water partition coefficient (Wildman–Crippen LogP) is 4.51. The maximum Gasteiger partial charge on any atom is 0.238 e. The van der Waals surface area contributed by atoms with Gasteiger partial charge in [-0.1, -0.05) is 34.1 Å². The van der Waals surface area contributed by atoms with Crippen LogP contribution in [0.5, 0.6) is 0 Å². The Bertz CT molecular complexity index is 710. The highest BCUT2D eigenvalue weighted by molar-refractivity contribution is 9.10. The van der Waals surface area contributed by atoms with Gasteiger partial charge < -0.3 is 0 Å². The number of rotatable bonds is 2. The fraction of sp³-hybridized carbons (Fsp3) is 0.133. The number of hydrogen-bond acceptors (Lipinski definition) is 2. The van der Waals surface area contributed by atoms with Crippen LogP contribution in [0.3, 0.4) is 0 Å². The summed E-state index contributed by atoms with van der Waals surface area (Å²) in [5.41, 5.74) is 0.990. The molecule has 1 saturated heterocycles. The van der Waals surface area contributed by atoms with Crippen LogP contribution in [-0.2, 0) is 4.79 Å². The summed E-state index contributed by atoms with van der Waals surface area (Å²) in [6.45, 7) is 0. The second-order valence-electron chi connectivity index (χ2n) is 4.54. The Labute approximate surface area is 133 Å². The Hall–Kier alpha value is -1.40. The third-order valence-corrected chi connectivity index (χ3v) is 5.12. The van der Waals surface area contributed by atoms with E-state index < -0.39 is 11.6 Å². The molecule has 108 valence electrons. The van der Waals surface area contributed by atoms with Gasteiger partial charge in [0.1, 0.15) is 17.0 Å². The van der Waals surface area contributed by atoms with Gasteiger partial charge in [-0.3, -0.25) is 9.69 Å². The molecular formula is C15H10BrF2NOS. The molecular weight excluding hydrogens is 360 g/mol. The van der Waals surface area contributed by atoms with Crippen LogP contribution in [0.15, 0.2) is 46.9 Å². The molecule has 0 spiro atoms. The van der Waals surface area contributed by atoms with E-state index >= 15 is 0 Å². The highest BCUT2D eigenvalue weighted by Gasteiger charge is 2.36. The summed E-state index contributed by atoms with van der Waals surface area (Å²) in [5, 5.41) is -0.326. The van der Waals surface area contributed by atoms with Crippen molar-refractivity contribution in [1.82, 2.24) is 0 Å². The van der Waals surface area contributed by atoms with Gasteiger partial charge in [0, 0.05) is 10.5 Å². The van der Waals surface area contributed by atoms with Gasteiger partial charge in [0.2, 0.25) is 5.91 Å². The number of amides is 1. The Morgan fingerprint density at radius 3 is 2.67 bits per heavy atom. The standard InChI is InChI=1S/C15H10BrF2NOS/c16-11-4-2-1-3-10(11)15-19(14(20)8-21-15)13-6-5-9(17)7-12(13)18/h1-7,15H,8H2/t15-/m0/s1. The van der Waals surface area contributed by atoms with Gasteiger partial charge in [0.05, 0.1) is 11.4 Å². The SMILES string of the molecule is O=C1CS[C@@H](c2ccccc2Br)N1c1ccc(F)cc1F. The van der Waals surface area contributed by atoms with E-state index in [1.807, 2.05) is 24.3 Å². The second-order valence-corrected chi connectivity index (χ2v) is 6.47. The first-order valence-corrected chi connectivity index (χ1v) is 8.05. The molecule has 1 amide bonds. The van der Waals surface area contributed by atoms with Gasteiger partial charge in [-0.25, -0.2) is 8.78 Å². The lowest BCUT2D eigenvalue weighted by molar-refractivity contribution is -0.115. The molecule has 1 aliphatic heterocycles. The lowest BCUT2D eigenvalue weighted by atomic mass is 10.2. The van der Waals surface area contributed by atoms with Crippen molar-refractivity contribution in [2.75, 3.05) is 10.7 Å². The summed E-state index contributed by atoms with van der Waals surface area (Å²) in [4.78, 5) is 13.5. The molecule has 2 aromatic rings. The summed E-state index contributed by atoms with van der Waals surface area (Å²) < 4.78 is 27.9. The highest BCUT2D eigenvalue weighted by atomic mass is 79.9. The van der Waals surface area contributed by atoms with Crippen molar-refractivity contribution in [2.24, 2.45) is 0 Å². The van der Waals surface area contributed by atoms with E-state index in [0.29, 0.717) is 0 Å². The Morgan fingerprint density at radius 1 is 1.19 bits per heavy atom. The molecule has 1 heterocycles. The summed E-state index contributed by atoms with van der Waals surface area (Å²) in [7, 11) is 0. The van der Waals surface area contributed by atoms with Gasteiger partial charge in [-0.15, -0.1) is 11.8 Å². The normalized spacial score (nSPS) is 18.3. The summed E-state index contributed by atoms with van der Waals surface area (Å²) in [6.07, 6.45) is 0. The molecule has 3 rings (SSSR count). The van der Waals surface area contributed by atoms with Crippen LogP contribution in [0.25, 0.3) is 0 Å². The Kier molecular flexibility index (Phi) is 3.99. The lowest BCUT2D eigenvalue weighted by Crippen LogP contribution is -2.28. The number of hydrogen-bond donors (Lipinski definition) is 0. The van der Waals surface area contributed by atoms with E-state index in [2.05, 4.69) is 15.9 Å². The number of carbonyl (C=O) groups is 1. The van der Waals surface area contributed by atoms with Crippen LogP contribution in [-0.4, -0.2) is 11.7 Å². The predicted molar refractivity (Wildman–Crippen MR) is 83.2 cm³/mol. The minimum Gasteiger partial charge on any atom is -0.292 e. The van der Waals surface area contributed by atoms with Crippen LogP contribution in [0, 0.1) is 11.6 Å². The number of halogens is 3. The molecule has 0 bridgehead atoms. The molecule has 0 aromatic heterocycles. The number of carbonyl (C=O) groups excluding carboxylic acids is 1. The average molecular weight is 370 g/mol. The van der Waals surface area contributed by atoms with E-state index in [4.69, 9.17) is 0 Å². The first-order valence-electron chi connectivity index (χ1n) is 6.21. The van der Waals surface area contributed by atoms with Crippen LogP contribution in [0.4, 0.5) is 14.5 Å². The quantitative estimate of drug-likeness (QED) is 0.776. The fourth-order valence-corrected chi connectivity index (χ4v) is 4.12. The van der Waals surface area contributed by atoms with Crippen molar-refractivity contribution < 1.29 is 13.6 Å². The van der Waals surface area contributed by atoms with Gasteiger partial charge in [-0.05, 0) is 23.8 Å². The topological polar surface area (TPSA) is 20.3 Å². The first-order chi connectivity index (χ1) is 10.1. The molecule has 0 saturated carbocycles. The number of anilines is 1. The molecule has 0 radical (unpaired) electrons. The fourth-order valence-electron chi connectivity index (χ4n) is 2.27. The minimum atomic E-state index is -0.733. The molecule has 6 heteroatoms. The first kappa shape index (κ1) is 14.5. The lowest BCUT2D eigenvalue weighted by Gasteiger charge is -2.25. The van der Waals surface area contributed by atoms with Crippen LogP contribution < -0.4 is 4.90 Å². The largest absolute Gasteiger partial charge is 0.292 e. The zero-order valence-electron chi connectivity index (χ0n) is 10.7. The maximum absolute atomic E-state index is 14.0. The maximum atomic E-state index is 14.0. The zero-order valence-corrected chi connectivity index (χ0v) is 13.1. The van der Waals surface area contributed by atoms with Crippen molar-refractivity contribution in [3.63, 3.8) is 0 Å². The zero-order chi connectivity index (χ0) is 15.0. The molecule has 0 aliphatic carbocycles. The smallest absolute Gasteiger partial charge is 0.238 e. The minimum absolute atomic E-state index is 0.104. The molecule has 0 unspecified atom stereocenters. The third-order valence-electron chi connectivity index (χ3n) is 3.21. The van der Waals surface area contributed by atoms with E-state index in [0.717, 1.165) is 22.2 Å². The molecule has 2 aromatic carbocycles. The molecule has 2 nitrogen and oxygen atoms in total. The molecule has 1 fully saturated rings. The van der Waals surface area contributed by atoms with Crippen LogP contribution in [0.2, 0.25) is 0 Å². The summed E-state index contributed by atoms with van der Waals surface area (Å²) in [6, 6.07) is 10.7. The van der Waals surface area contributed by atoms with Gasteiger partial charge >= 0.3 is 0 Å². The molecule has 1 atom stereocenters. The molecule has 21 heavy (non-hydrogen) atoms. The van der Waals surface area contributed by atoms with Crippen molar-refractivity contribution >= 4 is 39.3 Å². The Morgan fingerprint density at radius 2 is 1.95 bits per heavy atom. The molecule has 0 N–H and O–H groups in total. The number of benzene rings is 2. The average Bonchev–Trinajstić information content (AvgIpc) is 2.81. The van der Waals surface area contributed by atoms with E-state index in [1.165, 1.54) is 22.7 Å². The van der Waals surface area contributed by atoms with Crippen LogP contribution >= 0.6 is 27.7 Å². The monoisotopic (exact) mass is 369 g/mol. The summed E-state index contributed by atoms with van der Waals surface area (Å²) >= 11 is 4.87. The highest BCUT2D eigenvalue weighted by Crippen LogP contribution is 2.44. The Balaban J connectivity index is 2.06. The van der Waals surface area contributed by atoms with E-state index in [1.54, 1.807) is 0 Å². The van der Waals surface area contributed by atoms with Crippen molar-refractivity contribution in [2.45, 2.75) is 5.37 Å². The number of nitrogens with zero attached hydrogens (tertiary/aromatic N) is 1. The van der Waals surface area contributed by atoms with E-state index in [9.17, 15) is 13.6 Å². The van der Waals surface area contributed by atoms with Crippen molar-refractivity contribution in [3.8, 4) is 0 Å². The summed E-state index contributed by atoms with van der Waals surface area (Å²) in [5.74, 6) is -1.31. The molecule has 1 aliphatic rings. The van der Waals surface area contributed by atoms with Crippen LogP contribution in [0.1, 0.15) is 10.9 Å². The van der Waals surface area contributed by atoms with Gasteiger partial charge in [-0.2, -0.15) is 0 Å².